The number of fused-ring (bicyclic) bond motifs is 2. The highest BCUT2D eigenvalue weighted by atomic mass is 35.5. The Morgan fingerprint density at radius 3 is 2.92 bits per heavy atom. The maximum Gasteiger partial charge on any atom is 0.274 e. The summed E-state index contributed by atoms with van der Waals surface area (Å²) in [5, 5.41) is 3.36. The molecular weight excluding hydrogens is 356 g/mol. The number of nitrogens with one attached hydrogen (secondary N) is 1. The number of anilines is 2. The average Bonchev–Trinajstić information content (AvgIpc) is 2.93. The maximum atomic E-state index is 12.8. The quantitative estimate of drug-likeness (QED) is 0.752. The zero-order chi connectivity index (χ0) is 18.4. The van der Waals surface area contributed by atoms with Crippen LogP contribution in [0.5, 0.6) is 5.75 Å². The van der Waals surface area contributed by atoms with Gasteiger partial charge in [-0.3, -0.25) is 14.0 Å². The third kappa shape index (κ3) is 2.66. The Hall–Kier alpha value is -3.06. The highest BCUT2D eigenvalue weighted by molar-refractivity contribution is 6.30. The largest absolute Gasteiger partial charge is 0.482 e. The Bertz CT molecular complexity index is 1060. The Kier molecular flexibility index (Phi) is 3.81. The van der Waals surface area contributed by atoms with E-state index in [1.807, 2.05) is 0 Å². The van der Waals surface area contributed by atoms with Crippen molar-refractivity contribution in [1.82, 2.24) is 9.38 Å². The molecule has 1 aliphatic heterocycles. The molecule has 132 valence electrons. The number of benzene rings is 1. The number of hydrogen-bond acceptors (Lipinski definition) is 4. The summed E-state index contributed by atoms with van der Waals surface area (Å²) < 4.78 is 7.05. The van der Waals surface area contributed by atoms with E-state index in [-0.39, 0.29) is 18.4 Å². The van der Waals surface area contributed by atoms with E-state index in [0.717, 1.165) is 0 Å². The van der Waals surface area contributed by atoms with Crippen LogP contribution in [0.15, 0.2) is 36.5 Å². The van der Waals surface area contributed by atoms with Crippen LogP contribution in [0.4, 0.5) is 11.4 Å². The SMILES string of the molecule is Cc1nc2ccc(Cl)cn2c1C(=O)Nc1ccc2c(c1)N(C)C(=O)CO2. The topological polar surface area (TPSA) is 75.9 Å². The number of imidazole rings is 1. The second kappa shape index (κ2) is 6.03. The molecule has 0 spiro atoms. The number of likely N-dealkylation sites (N-methyl/N-ethyl adjacent to an activating group) is 1. The van der Waals surface area contributed by atoms with E-state index in [4.69, 9.17) is 16.3 Å². The van der Waals surface area contributed by atoms with Gasteiger partial charge in [-0.2, -0.15) is 0 Å². The first-order valence-corrected chi connectivity index (χ1v) is 8.31. The van der Waals surface area contributed by atoms with Crippen LogP contribution in [0.1, 0.15) is 16.2 Å². The molecular formula is C18H15ClN4O3. The summed E-state index contributed by atoms with van der Waals surface area (Å²) in [6, 6.07) is 8.64. The number of rotatable bonds is 2. The third-order valence-corrected chi connectivity index (χ3v) is 4.50. The summed E-state index contributed by atoms with van der Waals surface area (Å²) in [5.41, 5.74) is 2.80. The van der Waals surface area contributed by atoms with Gasteiger partial charge >= 0.3 is 0 Å². The fourth-order valence-corrected chi connectivity index (χ4v) is 3.11. The zero-order valence-electron chi connectivity index (χ0n) is 14.1. The van der Waals surface area contributed by atoms with Crippen molar-refractivity contribution in [2.24, 2.45) is 0 Å². The lowest BCUT2D eigenvalue weighted by molar-refractivity contribution is -0.120. The molecule has 2 aromatic heterocycles. The molecule has 26 heavy (non-hydrogen) atoms. The van der Waals surface area contributed by atoms with Crippen LogP contribution in [-0.4, -0.2) is 34.9 Å². The molecule has 0 saturated carbocycles. The van der Waals surface area contributed by atoms with Crippen LogP contribution >= 0.6 is 11.6 Å². The van der Waals surface area contributed by atoms with Gasteiger partial charge < -0.3 is 15.0 Å². The maximum absolute atomic E-state index is 12.8. The summed E-state index contributed by atoms with van der Waals surface area (Å²) in [7, 11) is 1.67. The van der Waals surface area contributed by atoms with Gasteiger partial charge in [0.2, 0.25) is 0 Å². The van der Waals surface area contributed by atoms with Crippen molar-refractivity contribution in [1.29, 1.82) is 0 Å². The van der Waals surface area contributed by atoms with Crippen molar-refractivity contribution in [3.8, 4) is 5.75 Å². The van der Waals surface area contributed by atoms with E-state index in [1.54, 1.807) is 54.9 Å². The smallest absolute Gasteiger partial charge is 0.274 e. The number of ether oxygens (including phenoxy) is 1. The molecule has 7 nitrogen and oxygen atoms in total. The van der Waals surface area contributed by atoms with Gasteiger partial charge in [0.15, 0.2) is 6.61 Å². The Morgan fingerprint density at radius 1 is 1.31 bits per heavy atom. The summed E-state index contributed by atoms with van der Waals surface area (Å²) in [4.78, 5) is 30.5. The lowest BCUT2D eigenvalue weighted by atomic mass is 10.2. The molecule has 0 aliphatic carbocycles. The van der Waals surface area contributed by atoms with Crippen LogP contribution in [0.2, 0.25) is 5.02 Å². The summed E-state index contributed by atoms with van der Waals surface area (Å²) >= 11 is 6.04. The van der Waals surface area contributed by atoms with Gasteiger partial charge in [-0.1, -0.05) is 11.6 Å². The summed E-state index contributed by atoms with van der Waals surface area (Å²) in [6.45, 7) is 1.78. The minimum absolute atomic E-state index is 0.0109. The molecule has 4 rings (SSSR count). The molecule has 2 amide bonds. The molecule has 0 unspecified atom stereocenters. The predicted molar refractivity (Wildman–Crippen MR) is 98.2 cm³/mol. The van der Waals surface area contributed by atoms with Crippen molar-refractivity contribution in [2.75, 3.05) is 23.9 Å². The van der Waals surface area contributed by atoms with Crippen molar-refractivity contribution >= 4 is 40.4 Å². The van der Waals surface area contributed by atoms with E-state index in [2.05, 4.69) is 10.3 Å². The monoisotopic (exact) mass is 370 g/mol. The Labute approximate surface area is 154 Å². The average molecular weight is 371 g/mol. The second-order valence-electron chi connectivity index (χ2n) is 6.00. The third-order valence-electron chi connectivity index (χ3n) is 4.28. The molecule has 8 heteroatoms. The number of aromatic nitrogens is 2. The number of halogens is 1. The van der Waals surface area contributed by atoms with E-state index in [1.165, 1.54) is 4.90 Å². The standard InChI is InChI=1S/C18H15ClN4O3/c1-10-17(23-8-11(19)3-6-15(23)20-10)18(25)21-12-4-5-14-13(7-12)22(2)16(24)9-26-14/h3-8H,9H2,1-2H3,(H,21,25). The van der Waals surface area contributed by atoms with E-state index >= 15 is 0 Å². The Morgan fingerprint density at radius 2 is 2.12 bits per heavy atom. The molecule has 1 aromatic carbocycles. The van der Waals surface area contributed by atoms with Crippen molar-refractivity contribution in [2.45, 2.75) is 6.92 Å². The van der Waals surface area contributed by atoms with Gasteiger partial charge in [0.05, 0.1) is 16.4 Å². The number of amides is 2. The molecule has 1 aliphatic rings. The second-order valence-corrected chi connectivity index (χ2v) is 6.44. The highest BCUT2D eigenvalue weighted by Crippen LogP contribution is 2.33. The van der Waals surface area contributed by atoms with Crippen molar-refractivity contribution < 1.29 is 14.3 Å². The first-order chi connectivity index (χ1) is 12.4. The number of hydrogen-bond donors (Lipinski definition) is 1. The van der Waals surface area contributed by atoms with Crippen molar-refractivity contribution in [3.05, 3.63) is 52.9 Å². The van der Waals surface area contributed by atoms with Gasteiger partial charge in [-0.15, -0.1) is 0 Å². The zero-order valence-corrected chi connectivity index (χ0v) is 14.9. The van der Waals surface area contributed by atoms with E-state index in [9.17, 15) is 9.59 Å². The minimum Gasteiger partial charge on any atom is -0.482 e. The minimum atomic E-state index is -0.317. The van der Waals surface area contributed by atoms with Crippen molar-refractivity contribution in [3.63, 3.8) is 0 Å². The van der Waals surface area contributed by atoms with E-state index < -0.39 is 0 Å². The van der Waals surface area contributed by atoms with Crippen LogP contribution in [0.25, 0.3) is 5.65 Å². The fraction of sp³-hybridized carbons (Fsp3) is 0.167. The molecule has 3 aromatic rings. The molecule has 0 radical (unpaired) electrons. The first kappa shape index (κ1) is 16.4. The number of carbonyl (C=O) groups is 2. The highest BCUT2D eigenvalue weighted by Gasteiger charge is 2.23. The number of nitrogens with zero attached hydrogens (tertiary/aromatic N) is 3. The summed E-state index contributed by atoms with van der Waals surface area (Å²) in [5.74, 6) is 0.138. The molecule has 0 saturated heterocycles. The number of pyridine rings is 1. The Balaban J connectivity index is 1.68. The van der Waals surface area contributed by atoms with Gasteiger partial charge in [0, 0.05) is 18.9 Å². The molecule has 0 bridgehead atoms. The summed E-state index contributed by atoms with van der Waals surface area (Å²) in [6.07, 6.45) is 1.65. The molecule has 1 N–H and O–H groups in total. The number of carbonyl (C=O) groups excluding carboxylic acids is 2. The van der Waals surface area contributed by atoms with Gasteiger partial charge in [0.1, 0.15) is 17.1 Å². The predicted octanol–water partition coefficient (Wildman–Crippen LogP) is 2.90. The van der Waals surface area contributed by atoms with Gasteiger partial charge in [-0.05, 0) is 37.3 Å². The van der Waals surface area contributed by atoms with Crippen LogP contribution in [0, 0.1) is 6.92 Å². The lowest BCUT2D eigenvalue weighted by Gasteiger charge is -2.26. The van der Waals surface area contributed by atoms with Crippen LogP contribution in [0.3, 0.4) is 0 Å². The molecule has 3 heterocycles. The normalized spacial score (nSPS) is 13.5. The molecule has 0 fully saturated rings. The van der Waals surface area contributed by atoms with Crippen LogP contribution < -0.4 is 15.0 Å². The van der Waals surface area contributed by atoms with E-state index in [0.29, 0.717) is 39.2 Å². The van der Waals surface area contributed by atoms with Gasteiger partial charge in [-0.25, -0.2) is 4.98 Å². The first-order valence-electron chi connectivity index (χ1n) is 7.93. The number of aryl methyl sites for hydroxylation is 1. The molecule has 0 atom stereocenters. The fourth-order valence-electron chi connectivity index (χ4n) is 2.95. The van der Waals surface area contributed by atoms with Gasteiger partial charge in [0.25, 0.3) is 11.8 Å². The van der Waals surface area contributed by atoms with Crippen LogP contribution in [-0.2, 0) is 4.79 Å². The lowest BCUT2D eigenvalue weighted by Crippen LogP contribution is -2.35.